The van der Waals surface area contributed by atoms with Gasteiger partial charge in [-0.05, 0) is 50.3 Å². The lowest BCUT2D eigenvalue weighted by Gasteiger charge is -2.27. The largest absolute Gasteiger partial charge is 0.491 e. The van der Waals surface area contributed by atoms with Crippen molar-refractivity contribution in [1.82, 2.24) is 0 Å². The van der Waals surface area contributed by atoms with E-state index in [1.54, 1.807) is 0 Å². The molecule has 1 aromatic rings. The molecular formula is C15H22ClNO2. The normalized spacial score (nSPS) is 23.1. The Bertz CT molecular complexity index is 403. The van der Waals surface area contributed by atoms with E-state index in [2.05, 4.69) is 12.2 Å². The van der Waals surface area contributed by atoms with Crippen LogP contribution in [-0.2, 0) is 0 Å². The summed E-state index contributed by atoms with van der Waals surface area (Å²) in [4.78, 5) is 0. The lowest BCUT2D eigenvalue weighted by Crippen LogP contribution is -2.28. The minimum Gasteiger partial charge on any atom is -0.491 e. The molecule has 0 aliphatic heterocycles. The SMILES string of the molecule is CCCOc1ccc(Cl)cc1NC1CCC(O)CC1. The van der Waals surface area contributed by atoms with E-state index < -0.39 is 0 Å². The van der Waals surface area contributed by atoms with Crippen molar-refractivity contribution in [3.8, 4) is 5.75 Å². The standard InChI is InChI=1S/C15H22ClNO2/c1-2-9-19-15-8-3-11(16)10-14(15)17-12-4-6-13(18)7-5-12/h3,8,10,12-13,17-18H,2,4-7,9H2,1H3. The van der Waals surface area contributed by atoms with Crippen LogP contribution in [-0.4, -0.2) is 23.9 Å². The van der Waals surface area contributed by atoms with Gasteiger partial charge in [-0.15, -0.1) is 0 Å². The Labute approximate surface area is 119 Å². The Morgan fingerprint density at radius 3 is 2.74 bits per heavy atom. The number of hydrogen-bond acceptors (Lipinski definition) is 3. The lowest BCUT2D eigenvalue weighted by molar-refractivity contribution is 0.126. The number of ether oxygens (including phenoxy) is 1. The van der Waals surface area contributed by atoms with Gasteiger partial charge in [-0.3, -0.25) is 0 Å². The maximum Gasteiger partial charge on any atom is 0.142 e. The third-order valence-electron chi connectivity index (χ3n) is 3.46. The minimum atomic E-state index is -0.131. The second-order valence-electron chi connectivity index (χ2n) is 5.14. The molecule has 106 valence electrons. The van der Waals surface area contributed by atoms with Crippen molar-refractivity contribution < 1.29 is 9.84 Å². The zero-order valence-electron chi connectivity index (χ0n) is 11.4. The molecule has 1 aliphatic rings. The Morgan fingerprint density at radius 1 is 1.32 bits per heavy atom. The molecule has 0 radical (unpaired) electrons. The van der Waals surface area contributed by atoms with E-state index in [1.165, 1.54) is 0 Å². The molecular weight excluding hydrogens is 262 g/mol. The molecule has 0 aromatic heterocycles. The highest BCUT2D eigenvalue weighted by atomic mass is 35.5. The van der Waals surface area contributed by atoms with Gasteiger partial charge < -0.3 is 15.2 Å². The molecule has 1 aromatic carbocycles. The maximum absolute atomic E-state index is 9.53. The fourth-order valence-corrected chi connectivity index (χ4v) is 2.57. The van der Waals surface area contributed by atoms with Crippen molar-refractivity contribution in [2.24, 2.45) is 0 Å². The molecule has 2 N–H and O–H groups in total. The topological polar surface area (TPSA) is 41.5 Å². The Hall–Kier alpha value is -0.930. The summed E-state index contributed by atoms with van der Waals surface area (Å²) >= 11 is 6.06. The number of nitrogens with one attached hydrogen (secondary N) is 1. The number of hydrogen-bond donors (Lipinski definition) is 2. The molecule has 0 amide bonds. The molecule has 0 heterocycles. The summed E-state index contributed by atoms with van der Waals surface area (Å²) in [5.74, 6) is 0.859. The van der Waals surface area contributed by atoms with E-state index in [9.17, 15) is 5.11 Å². The van der Waals surface area contributed by atoms with Crippen LogP contribution in [0.4, 0.5) is 5.69 Å². The number of aliphatic hydroxyl groups is 1. The third-order valence-corrected chi connectivity index (χ3v) is 3.69. The first-order valence-electron chi connectivity index (χ1n) is 7.06. The summed E-state index contributed by atoms with van der Waals surface area (Å²) in [5.41, 5.74) is 0.960. The fraction of sp³-hybridized carbons (Fsp3) is 0.600. The zero-order valence-corrected chi connectivity index (χ0v) is 12.1. The zero-order chi connectivity index (χ0) is 13.7. The van der Waals surface area contributed by atoms with Gasteiger partial charge in [-0.1, -0.05) is 18.5 Å². The molecule has 0 unspecified atom stereocenters. The average molecular weight is 284 g/mol. The summed E-state index contributed by atoms with van der Waals surface area (Å²) in [5, 5.41) is 13.7. The fourth-order valence-electron chi connectivity index (χ4n) is 2.39. The number of benzene rings is 1. The number of rotatable bonds is 5. The predicted molar refractivity (Wildman–Crippen MR) is 79.1 cm³/mol. The first-order valence-corrected chi connectivity index (χ1v) is 7.43. The highest BCUT2D eigenvalue weighted by Crippen LogP contribution is 2.31. The van der Waals surface area contributed by atoms with E-state index >= 15 is 0 Å². The van der Waals surface area contributed by atoms with E-state index in [1.807, 2.05) is 18.2 Å². The predicted octanol–water partition coefficient (Wildman–Crippen LogP) is 3.84. The molecule has 3 nitrogen and oxygen atoms in total. The van der Waals surface area contributed by atoms with Gasteiger partial charge in [0.2, 0.25) is 0 Å². The van der Waals surface area contributed by atoms with E-state index in [4.69, 9.17) is 16.3 Å². The summed E-state index contributed by atoms with van der Waals surface area (Å²) in [7, 11) is 0. The maximum atomic E-state index is 9.53. The van der Waals surface area contributed by atoms with Gasteiger partial charge >= 0.3 is 0 Å². The molecule has 4 heteroatoms. The van der Waals surface area contributed by atoms with Gasteiger partial charge in [-0.2, -0.15) is 0 Å². The van der Waals surface area contributed by atoms with E-state index in [-0.39, 0.29) is 6.10 Å². The summed E-state index contributed by atoms with van der Waals surface area (Å²) in [6.45, 7) is 2.80. The summed E-state index contributed by atoms with van der Waals surface area (Å²) in [6, 6.07) is 6.07. The van der Waals surface area contributed by atoms with Gasteiger partial charge in [0.05, 0.1) is 18.4 Å². The van der Waals surface area contributed by atoms with E-state index in [0.717, 1.165) is 43.5 Å². The van der Waals surface area contributed by atoms with Crippen LogP contribution in [0.25, 0.3) is 0 Å². The van der Waals surface area contributed by atoms with Gasteiger partial charge in [0.25, 0.3) is 0 Å². The van der Waals surface area contributed by atoms with Crippen molar-refractivity contribution in [2.45, 2.75) is 51.2 Å². The van der Waals surface area contributed by atoms with Gasteiger partial charge in [0.15, 0.2) is 0 Å². The number of anilines is 1. The first-order chi connectivity index (χ1) is 9.19. The van der Waals surface area contributed by atoms with Crippen LogP contribution < -0.4 is 10.1 Å². The molecule has 2 rings (SSSR count). The average Bonchev–Trinajstić information content (AvgIpc) is 2.40. The van der Waals surface area contributed by atoms with Crippen LogP contribution >= 0.6 is 11.6 Å². The minimum absolute atomic E-state index is 0.131. The smallest absolute Gasteiger partial charge is 0.142 e. The first kappa shape index (κ1) is 14.5. The van der Waals surface area contributed by atoms with E-state index in [0.29, 0.717) is 17.7 Å². The van der Waals surface area contributed by atoms with Crippen LogP contribution in [0.15, 0.2) is 18.2 Å². The Kier molecular flexibility index (Phi) is 5.34. The van der Waals surface area contributed by atoms with Crippen molar-refractivity contribution in [3.05, 3.63) is 23.2 Å². The molecule has 0 saturated heterocycles. The Morgan fingerprint density at radius 2 is 2.05 bits per heavy atom. The van der Waals surface area contributed by atoms with Crippen molar-refractivity contribution >= 4 is 17.3 Å². The molecule has 1 fully saturated rings. The van der Waals surface area contributed by atoms with Crippen LogP contribution in [0.2, 0.25) is 5.02 Å². The van der Waals surface area contributed by atoms with Gasteiger partial charge in [0.1, 0.15) is 5.75 Å². The molecule has 0 bridgehead atoms. The van der Waals surface area contributed by atoms with Crippen molar-refractivity contribution in [3.63, 3.8) is 0 Å². The summed E-state index contributed by atoms with van der Waals surface area (Å²) < 4.78 is 5.73. The molecule has 0 atom stereocenters. The van der Waals surface area contributed by atoms with Crippen LogP contribution in [0, 0.1) is 0 Å². The molecule has 0 spiro atoms. The second kappa shape index (κ2) is 7.01. The molecule has 19 heavy (non-hydrogen) atoms. The monoisotopic (exact) mass is 283 g/mol. The quantitative estimate of drug-likeness (QED) is 0.862. The number of aliphatic hydroxyl groups excluding tert-OH is 1. The molecule has 1 aliphatic carbocycles. The van der Waals surface area contributed by atoms with Gasteiger partial charge in [0, 0.05) is 11.1 Å². The van der Waals surface area contributed by atoms with Crippen LogP contribution in [0.5, 0.6) is 5.75 Å². The van der Waals surface area contributed by atoms with Gasteiger partial charge in [-0.25, -0.2) is 0 Å². The van der Waals surface area contributed by atoms with Crippen molar-refractivity contribution in [2.75, 3.05) is 11.9 Å². The second-order valence-corrected chi connectivity index (χ2v) is 5.58. The third kappa shape index (κ3) is 4.29. The highest BCUT2D eigenvalue weighted by molar-refractivity contribution is 6.30. The highest BCUT2D eigenvalue weighted by Gasteiger charge is 2.20. The van der Waals surface area contributed by atoms with Crippen LogP contribution in [0.1, 0.15) is 39.0 Å². The summed E-state index contributed by atoms with van der Waals surface area (Å²) in [6.07, 6.45) is 4.56. The lowest BCUT2D eigenvalue weighted by atomic mass is 9.93. The Balaban J connectivity index is 2.02. The number of halogens is 1. The van der Waals surface area contributed by atoms with Crippen molar-refractivity contribution in [1.29, 1.82) is 0 Å². The van der Waals surface area contributed by atoms with Crippen LogP contribution in [0.3, 0.4) is 0 Å². The molecule has 1 saturated carbocycles.